The third kappa shape index (κ3) is 2.72. The van der Waals surface area contributed by atoms with Gasteiger partial charge in [0.2, 0.25) is 10.0 Å². The molecule has 0 saturated carbocycles. The molecule has 0 amide bonds. The van der Waals surface area contributed by atoms with Crippen molar-refractivity contribution in [3.05, 3.63) is 24.0 Å². The molecule has 1 aromatic rings. The summed E-state index contributed by atoms with van der Waals surface area (Å²) >= 11 is 0. The molecule has 0 radical (unpaired) electrons. The molecule has 1 aliphatic rings. The van der Waals surface area contributed by atoms with Crippen LogP contribution in [-0.2, 0) is 14.8 Å². The van der Waals surface area contributed by atoms with E-state index in [0.29, 0.717) is 13.0 Å². The van der Waals surface area contributed by atoms with Gasteiger partial charge in [-0.05, 0) is 25.0 Å². The molecule has 106 valence electrons. The zero-order chi connectivity index (χ0) is 14.0. The molecule has 1 heterocycles. The van der Waals surface area contributed by atoms with E-state index in [1.807, 2.05) is 0 Å². The first-order valence-corrected chi connectivity index (χ1v) is 7.47. The maximum absolute atomic E-state index is 13.8. The molecule has 0 bridgehead atoms. The van der Waals surface area contributed by atoms with Crippen LogP contribution in [0.4, 0.5) is 10.1 Å². The first-order chi connectivity index (χ1) is 8.96. The van der Waals surface area contributed by atoms with Crippen LogP contribution in [0.25, 0.3) is 0 Å². The molecule has 5 nitrogen and oxygen atoms in total. The van der Waals surface area contributed by atoms with E-state index in [1.165, 1.54) is 23.5 Å². The van der Waals surface area contributed by atoms with Crippen LogP contribution in [0.5, 0.6) is 0 Å². The van der Waals surface area contributed by atoms with Gasteiger partial charge in [-0.15, -0.1) is 0 Å². The van der Waals surface area contributed by atoms with Crippen LogP contribution in [0.3, 0.4) is 0 Å². The van der Waals surface area contributed by atoms with E-state index in [1.54, 1.807) is 0 Å². The molecule has 0 spiro atoms. The second-order valence-electron chi connectivity index (χ2n) is 4.52. The Bertz CT molecular complexity index is 542. The van der Waals surface area contributed by atoms with Gasteiger partial charge < -0.3 is 10.5 Å². The van der Waals surface area contributed by atoms with Gasteiger partial charge in [0.25, 0.3) is 0 Å². The van der Waals surface area contributed by atoms with E-state index in [9.17, 15) is 12.8 Å². The second-order valence-corrected chi connectivity index (χ2v) is 6.40. The summed E-state index contributed by atoms with van der Waals surface area (Å²) < 4.78 is 45.1. The largest absolute Gasteiger partial charge is 0.398 e. The SMILES string of the molecule is COC1CCCN(S(=O)(=O)c2c(N)cccc2F)C1. The minimum Gasteiger partial charge on any atom is -0.398 e. The molecular formula is C12H17FN2O3S. The van der Waals surface area contributed by atoms with Crippen molar-refractivity contribution in [3.8, 4) is 0 Å². The van der Waals surface area contributed by atoms with Gasteiger partial charge in [-0.3, -0.25) is 0 Å². The van der Waals surface area contributed by atoms with Crippen LogP contribution in [0.2, 0.25) is 0 Å². The lowest BCUT2D eigenvalue weighted by molar-refractivity contribution is 0.0571. The Morgan fingerprint density at radius 1 is 1.47 bits per heavy atom. The fourth-order valence-electron chi connectivity index (χ4n) is 2.24. The third-order valence-electron chi connectivity index (χ3n) is 3.27. The Morgan fingerprint density at radius 2 is 2.21 bits per heavy atom. The summed E-state index contributed by atoms with van der Waals surface area (Å²) in [6.45, 7) is 0.586. The molecule has 2 rings (SSSR count). The first kappa shape index (κ1) is 14.2. The average Bonchev–Trinajstić information content (AvgIpc) is 2.38. The van der Waals surface area contributed by atoms with Gasteiger partial charge in [0.1, 0.15) is 10.7 Å². The van der Waals surface area contributed by atoms with E-state index in [2.05, 4.69) is 0 Å². The smallest absolute Gasteiger partial charge is 0.248 e. The minimum absolute atomic E-state index is 0.0699. The molecule has 7 heteroatoms. The number of hydrogen-bond donors (Lipinski definition) is 1. The van der Waals surface area contributed by atoms with Crippen molar-refractivity contribution < 1.29 is 17.5 Å². The Balaban J connectivity index is 2.37. The molecule has 1 unspecified atom stereocenters. The fourth-order valence-corrected chi connectivity index (χ4v) is 3.91. The lowest BCUT2D eigenvalue weighted by atomic mass is 10.1. The van der Waals surface area contributed by atoms with Gasteiger partial charge in [-0.2, -0.15) is 4.31 Å². The number of piperidine rings is 1. The predicted molar refractivity (Wildman–Crippen MR) is 69.6 cm³/mol. The summed E-state index contributed by atoms with van der Waals surface area (Å²) in [7, 11) is -2.37. The predicted octanol–water partition coefficient (Wildman–Crippen LogP) is 1.21. The Kier molecular flexibility index (Phi) is 4.07. The zero-order valence-corrected chi connectivity index (χ0v) is 11.5. The van der Waals surface area contributed by atoms with Gasteiger partial charge in [0.05, 0.1) is 11.8 Å². The molecule has 1 saturated heterocycles. The first-order valence-electron chi connectivity index (χ1n) is 6.03. The number of nitrogens with two attached hydrogens (primary N) is 1. The van der Waals surface area contributed by atoms with Crippen molar-refractivity contribution in [2.24, 2.45) is 0 Å². The van der Waals surface area contributed by atoms with E-state index in [0.717, 1.165) is 12.5 Å². The van der Waals surface area contributed by atoms with Crippen LogP contribution in [-0.4, -0.2) is 39.0 Å². The van der Waals surface area contributed by atoms with E-state index >= 15 is 0 Å². The highest BCUT2D eigenvalue weighted by Gasteiger charge is 2.33. The Labute approximate surface area is 112 Å². The number of ether oxygens (including phenoxy) is 1. The van der Waals surface area contributed by atoms with Crippen molar-refractivity contribution in [2.45, 2.75) is 23.8 Å². The quantitative estimate of drug-likeness (QED) is 0.848. The molecule has 2 N–H and O–H groups in total. The minimum atomic E-state index is -3.91. The second kappa shape index (κ2) is 5.44. The summed E-state index contributed by atoms with van der Waals surface area (Å²) in [5.74, 6) is -0.820. The number of nitrogen functional groups attached to an aromatic ring is 1. The molecular weight excluding hydrogens is 271 g/mol. The maximum atomic E-state index is 13.8. The van der Waals surface area contributed by atoms with Crippen molar-refractivity contribution in [1.29, 1.82) is 0 Å². The molecule has 1 atom stereocenters. The number of methoxy groups -OCH3 is 1. The van der Waals surface area contributed by atoms with Crippen LogP contribution in [0.15, 0.2) is 23.1 Å². The number of rotatable bonds is 3. The highest BCUT2D eigenvalue weighted by atomic mass is 32.2. The van der Waals surface area contributed by atoms with Crippen molar-refractivity contribution >= 4 is 15.7 Å². The zero-order valence-electron chi connectivity index (χ0n) is 10.7. The standard InChI is InChI=1S/C12H17FN2O3S/c1-18-9-4-3-7-15(8-9)19(16,17)12-10(13)5-2-6-11(12)14/h2,5-6,9H,3-4,7-8,14H2,1H3. The van der Waals surface area contributed by atoms with Crippen LogP contribution in [0.1, 0.15) is 12.8 Å². The topological polar surface area (TPSA) is 72.6 Å². The van der Waals surface area contributed by atoms with Crippen LogP contribution < -0.4 is 5.73 Å². The van der Waals surface area contributed by atoms with Crippen molar-refractivity contribution in [2.75, 3.05) is 25.9 Å². The molecule has 19 heavy (non-hydrogen) atoms. The summed E-state index contributed by atoms with van der Waals surface area (Å²) in [6, 6.07) is 3.87. The van der Waals surface area contributed by atoms with E-state index in [-0.39, 0.29) is 18.3 Å². The fraction of sp³-hybridized carbons (Fsp3) is 0.500. The Hall–Kier alpha value is -1.18. The molecule has 0 aromatic heterocycles. The number of anilines is 1. The van der Waals surface area contributed by atoms with Crippen LogP contribution >= 0.6 is 0 Å². The molecule has 1 fully saturated rings. The van der Waals surface area contributed by atoms with E-state index < -0.39 is 20.7 Å². The monoisotopic (exact) mass is 288 g/mol. The summed E-state index contributed by atoms with van der Waals surface area (Å²) in [5.41, 5.74) is 5.53. The lowest BCUT2D eigenvalue weighted by Gasteiger charge is -2.31. The summed E-state index contributed by atoms with van der Waals surface area (Å²) in [5, 5.41) is 0. The third-order valence-corrected chi connectivity index (χ3v) is 5.23. The number of hydrogen-bond acceptors (Lipinski definition) is 4. The van der Waals surface area contributed by atoms with Gasteiger partial charge in [-0.25, -0.2) is 12.8 Å². The number of sulfonamides is 1. The average molecular weight is 288 g/mol. The van der Waals surface area contributed by atoms with Gasteiger partial charge in [0, 0.05) is 20.2 Å². The lowest BCUT2D eigenvalue weighted by Crippen LogP contribution is -2.43. The highest BCUT2D eigenvalue weighted by molar-refractivity contribution is 7.89. The van der Waals surface area contributed by atoms with E-state index in [4.69, 9.17) is 10.5 Å². The Morgan fingerprint density at radius 3 is 2.84 bits per heavy atom. The van der Waals surface area contributed by atoms with Gasteiger partial charge >= 0.3 is 0 Å². The van der Waals surface area contributed by atoms with Gasteiger partial charge in [-0.1, -0.05) is 6.07 Å². The van der Waals surface area contributed by atoms with Crippen molar-refractivity contribution in [3.63, 3.8) is 0 Å². The normalized spacial score (nSPS) is 21.5. The van der Waals surface area contributed by atoms with Gasteiger partial charge in [0.15, 0.2) is 0 Å². The molecule has 1 aromatic carbocycles. The number of benzene rings is 1. The molecule has 1 aliphatic heterocycles. The summed E-state index contributed by atoms with van der Waals surface area (Å²) in [4.78, 5) is -0.438. The highest BCUT2D eigenvalue weighted by Crippen LogP contribution is 2.27. The number of nitrogens with zero attached hydrogens (tertiary/aromatic N) is 1. The maximum Gasteiger partial charge on any atom is 0.248 e. The van der Waals surface area contributed by atoms with Crippen LogP contribution in [0, 0.1) is 5.82 Å². The van der Waals surface area contributed by atoms with Crippen molar-refractivity contribution in [1.82, 2.24) is 4.31 Å². The summed E-state index contributed by atoms with van der Waals surface area (Å²) in [6.07, 6.45) is 1.33. The number of halogens is 1. The molecule has 0 aliphatic carbocycles.